The summed E-state index contributed by atoms with van der Waals surface area (Å²) in [5.74, 6) is 2.14. The summed E-state index contributed by atoms with van der Waals surface area (Å²) < 4.78 is 5.59. The van der Waals surface area contributed by atoms with Crippen molar-refractivity contribution in [2.45, 2.75) is 31.8 Å². The van der Waals surface area contributed by atoms with Crippen LogP contribution in [0.3, 0.4) is 0 Å². The second-order valence-electron chi connectivity index (χ2n) is 8.12. The number of nitrogens with one attached hydrogen (secondary N) is 2. The molecule has 2 N–H and O–H groups in total. The van der Waals surface area contributed by atoms with Crippen molar-refractivity contribution >= 4 is 5.91 Å². The second-order valence-corrected chi connectivity index (χ2v) is 8.12. The summed E-state index contributed by atoms with van der Waals surface area (Å²) >= 11 is 0. The average Bonchev–Trinajstić information content (AvgIpc) is 3.43. The van der Waals surface area contributed by atoms with Gasteiger partial charge in [-0.1, -0.05) is 30.3 Å². The van der Waals surface area contributed by atoms with Crippen LogP contribution in [0.25, 0.3) is 11.5 Å². The van der Waals surface area contributed by atoms with E-state index in [9.17, 15) is 4.79 Å². The maximum Gasteiger partial charge on any atom is 0.271 e. The van der Waals surface area contributed by atoms with Crippen LogP contribution in [0.1, 0.15) is 34.7 Å². The van der Waals surface area contributed by atoms with Gasteiger partial charge in [0.05, 0.1) is 0 Å². The summed E-state index contributed by atoms with van der Waals surface area (Å²) in [5.41, 5.74) is 2.52. The fourth-order valence-corrected chi connectivity index (χ4v) is 4.68. The number of H-pyrrole nitrogens is 1. The fourth-order valence-electron chi connectivity index (χ4n) is 4.68. The first-order valence-corrected chi connectivity index (χ1v) is 9.81. The van der Waals surface area contributed by atoms with Gasteiger partial charge in [0, 0.05) is 31.2 Å². The highest BCUT2D eigenvalue weighted by Gasteiger charge is 2.55. The molecule has 2 bridgehead atoms. The van der Waals surface area contributed by atoms with E-state index in [1.165, 1.54) is 5.56 Å². The smallest absolute Gasteiger partial charge is 0.271 e. The minimum absolute atomic E-state index is 0.0907. The number of aromatic amines is 1. The Morgan fingerprint density at radius 2 is 2.11 bits per heavy atom. The molecule has 1 aromatic carbocycles. The number of amides is 1. The van der Waals surface area contributed by atoms with E-state index in [0.29, 0.717) is 23.7 Å². The molecule has 6 nitrogen and oxygen atoms in total. The standard InChI is InChI=1S/C22H24N4O2/c1-15-7-8-20(28-15)18-9-19(25-24-18)21(27)23-14-22-10-17(11-22)13-26(22)12-16-5-3-2-4-6-16/h2-9,17H,10-14H2,1H3,(H,23,27)(H,24,25). The minimum Gasteiger partial charge on any atom is -0.460 e. The van der Waals surface area contributed by atoms with E-state index >= 15 is 0 Å². The van der Waals surface area contributed by atoms with E-state index in [-0.39, 0.29) is 11.4 Å². The highest BCUT2D eigenvalue weighted by molar-refractivity contribution is 5.93. The lowest BCUT2D eigenvalue weighted by Gasteiger charge is -2.42. The molecule has 4 heterocycles. The second kappa shape index (κ2) is 6.63. The molecule has 2 aromatic heterocycles. The van der Waals surface area contributed by atoms with Gasteiger partial charge in [-0.25, -0.2) is 0 Å². The van der Waals surface area contributed by atoms with Crippen LogP contribution in [0.2, 0.25) is 0 Å². The van der Waals surface area contributed by atoms with Gasteiger partial charge in [-0.2, -0.15) is 5.10 Å². The van der Waals surface area contributed by atoms with Crippen LogP contribution in [-0.4, -0.2) is 39.6 Å². The monoisotopic (exact) mass is 376 g/mol. The SMILES string of the molecule is Cc1ccc(-c2cc(C(=O)NCC34CC(CN3Cc3ccccc3)C4)n[nH]2)o1. The van der Waals surface area contributed by atoms with Crippen LogP contribution in [0.5, 0.6) is 0 Å². The third kappa shape index (κ3) is 3.03. The molecule has 6 rings (SSSR count). The highest BCUT2D eigenvalue weighted by atomic mass is 16.3. The minimum atomic E-state index is -0.143. The Morgan fingerprint density at radius 1 is 1.29 bits per heavy atom. The molecule has 0 atom stereocenters. The van der Waals surface area contributed by atoms with Crippen molar-refractivity contribution in [1.82, 2.24) is 20.4 Å². The summed E-state index contributed by atoms with van der Waals surface area (Å²) in [5, 5.41) is 10.2. The average molecular weight is 376 g/mol. The Hall–Kier alpha value is -2.86. The number of fused-ring (bicyclic) bond motifs is 1. The van der Waals surface area contributed by atoms with E-state index in [1.807, 2.05) is 25.1 Å². The molecule has 1 amide bonds. The van der Waals surface area contributed by atoms with Crippen molar-refractivity contribution in [3.8, 4) is 11.5 Å². The molecule has 0 unspecified atom stereocenters. The zero-order valence-electron chi connectivity index (χ0n) is 15.9. The lowest BCUT2D eigenvalue weighted by Crippen LogP contribution is -2.53. The molecule has 3 fully saturated rings. The molecule has 3 aliphatic rings. The van der Waals surface area contributed by atoms with E-state index in [2.05, 4.69) is 44.7 Å². The van der Waals surface area contributed by atoms with E-state index in [4.69, 9.17) is 4.42 Å². The molecule has 1 aliphatic carbocycles. The van der Waals surface area contributed by atoms with Crippen molar-refractivity contribution in [2.24, 2.45) is 5.92 Å². The summed E-state index contributed by atoms with van der Waals surface area (Å²) in [6, 6.07) is 16.1. The number of carbonyl (C=O) groups excluding carboxylic acids is 1. The predicted octanol–water partition coefficient (Wildman–Crippen LogP) is 3.37. The number of aromatic nitrogens is 2. The normalized spacial score (nSPS) is 23.5. The largest absolute Gasteiger partial charge is 0.460 e. The third-order valence-corrected chi connectivity index (χ3v) is 6.10. The van der Waals surface area contributed by atoms with Gasteiger partial charge in [0.1, 0.15) is 11.5 Å². The summed E-state index contributed by atoms with van der Waals surface area (Å²) in [7, 11) is 0. The first-order chi connectivity index (χ1) is 13.6. The number of benzene rings is 1. The molecule has 28 heavy (non-hydrogen) atoms. The van der Waals surface area contributed by atoms with Crippen LogP contribution in [0.15, 0.2) is 52.9 Å². The molecule has 1 saturated carbocycles. The quantitative estimate of drug-likeness (QED) is 0.692. The Balaban J connectivity index is 1.23. The fraction of sp³-hybridized carbons (Fsp3) is 0.364. The zero-order valence-corrected chi connectivity index (χ0v) is 15.9. The summed E-state index contributed by atoms with van der Waals surface area (Å²) in [6.45, 7) is 4.62. The zero-order chi connectivity index (χ0) is 19.1. The number of furan rings is 1. The van der Waals surface area contributed by atoms with Crippen LogP contribution in [0, 0.1) is 12.8 Å². The number of hydrogen-bond acceptors (Lipinski definition) is 4. The van der Waals surface area contributed by atoms with Crippen LogP contribution >= 0.6 is 0 Å². The van der Waals surface area contributed by atoms with Crippen molar-refractivity contribution < 1.29 is 9.21 Å². The summed E-state index contributed by atoms with van der Waals surface area (Å²) in [6.07, 6.45) is 2.33. The van der Waals surface area contributed by atoms with Crippen molar-refractivity contribution in [3.63, 3.8) is 0 Å². The topological polar surface area (TPSA) is 74.2 Å². The van der Waals surface area contributed by atoms with Gasteiger partial charge in [0.2, 0.25) is 0 Å². The van der Waals surface area contributed by atoms with E-state index < -0.39 is 0 Å². The molecule has 144 valence electrons. The molecule has 2 aliphatic heterocycles. The molecular formula is C22H24N4O2. The maximum absolute atomic E-state index is 12.6. The Bertz CT molecular complexity index is 985. The van der Waals surface area contributed by atoms with Gasteiger partial charge in [-0.15, -0.1) is 0 Å². The van der Waals surface area contributed by atoms with E-state index in [1.54, 1.807) is 6.07 Å². The molecule has 2 saturated heterocycles. The predicted molar refractivity (Wildman–Crippen MR) is 106 cm³/mol. The third-order valence-electron chi connectivity index (χ3n) is 6.10. The van der Waals surface area contributed by atoms with Gasteiger partial charge in [-0.05, 0) is 43.4 Å². The number of aryl methyl sites for hydroxylation is 1. The summed E-state index contributed by atoms with van der Waals surface area (Å²) in [4.78, 5) is 15.2. The first-order valence-electron chi connectivity index (χ1n) is 9.81. The van der Waals surface area contributed by atoms with Crippen molar-refractivity contribution in [2.75, 3.05) is 13.1 Å². The lowest BCUT2D eigenvalue weighted by atomic mass is 9.73. The Labute approximate surface area is 163 Å². The van der Waals surface area contributed by atoms with Crippen LogP contribution in [0.4, 0.5) is 0 Å². The van der Waals surface area contributed by atoms with Crippen molar-refractivity contribution in [1.29, 1.82) is 0 Å². The van der Waals surface area contributed by atoms with Crippen LogP contribution < -0.4 is 5.32 Å². The number of rotatable bonds is 6. The number of hydrogen-bond donors (Lipinski definition) is 2. The first kappa shape index (κ1) is 17.3. The van der Waals surface area contributed by atoms with Crippen molar-refractivity contribution in [3.05, 3.63) is 65.5 Å². The Morgan fingerprint density at radius 3 is 2.86 bits per heavy atom. The number of carbonyl (C=O) groups is 1. The molecule has 0 spiro atoms. The molecule has 3 aromatic rings. The van der Waals surface area contributed by atoms with Gasteiger partial charge < -0.3 is 9.73 Å². The molecular weight excluding hydrogens is 352 g/mol. The number of nitrogens with zero attached hydrogens (tertiary/aromatic N) is 2. The molecule has 0 radical (unpaired) electrons. The van der Waals surface area contributed by atoms with Gasteiger partial charge in [0.15, 0.2) is 11.5 Å². The van der Waals surface area contributed by atoms with Gasteiger partial charge in [-0.3, -0.25) is 14.8 Å². The van der Waals surface area contributed by atoms with Gasteiger partial charge >= 0.3 is 0 Å². The van der Waals surface area contributed by atoms with Gasteiger partial charge in [0.25, 0.3) is 5.91 Å². The lowest BCUT2D eigenvalue weighted by molar-refractivity contribution is 0.0795. The maximum atomic E-state index is 12.6. The van der Waals surface area contributed by atoms with E-state index in [0.717, 1.165) is 37.6 Å². The highest BCUT2D eigenvalue weighted by Crippen LogP contribution is 2.50. The molecule has 6 heteroatoms. The van der Waals surface area contributed by atoms with Crippen LogP contribution in [-0.2, 0) is 6.54 Å². The Kier molecular flexibility index (Phi) is 4.09.